The molecule has 0 fully saturated rings. The lowest BCUT2D eigenvalue weighted by molar-refractivity contribution is 0.347. The van der Waals surface area contributed by atoms with Gasteiger partial charge >= 0.3 is 0 Å². The standard InChI is InChI=1S/C12H22/c1-11(2,3)9-10-7-6-8-12(10,4)5/h7H,6,8-9H2,1-5H3. The van der Waals surface area contributed by atoms with E-state index in [1.54, 1.807) is 5.57 Å². The molecule has 1 aliphatic rings. The van der Waals surface area contributed by atoms with Gasteiger partial charge in [-0.3, -0.25) is 0 Å². The number of hydrogen-bond donors (Lipinski definition) is 0. The monoisotopic (exact) mass is 166 g/mol. The Kier molecular flexibility index (Phi) is 2.38. The van der Waals surface area contributed by atoms with Crippen LogP contribution in [0.15, 0.2) is 11.6 Å². The molecule has 0 spiro atoms. The van der Waals surface area contributed by atoms with E-state index in [4.69, 9.17) is 0 Å². The van der Waals surface area contributed by atoms with Crippen LogP contribution in [0.2, 0.25) is 0 Å². The lowest BCUT2D eigenvalue weighted by Gasteiger charge is -2.28. The highest BCUT2D eigenvalue weighted by molar-refractivity contribution is 5.18. The Hall–Kier alpha value is -0.260. The lowest BCUT2D eigenvalue weighted by Crippen LogP contribution is -2.16. The summed E-state index contributed by atoms with van der Waals surface area (Å²) in [6.45, 7) is 11.7. The van der Waals surface area contributed by atoms with E-state index in [0.29, 0.717) is 10.8 Å². The van der Waals surface area contributed by atoms with Gasteiger partial charge in [0.1, 0.15) is 0 Å². The average molecular weight is 166 g/mol. The van der Waals surface area contributed by atoms with Gasteiger partial charge in [-0.25, -0.2) is 0 Å². The first-order chi connectivity index (χ1) is 5.31. The molecule has 12 heavy (non-hydrogen) atoms. The molecule has 70 valence electrons. The summed E-state index contributed by atoms with van der Waals surface area (Å²) in [6.07, 6.45) is 6.35. The molecular formula is C12H22. The van der Waals surface area contributed by atoms with Gasteiger partial charge in [-0.1, -0.05) is 46.3 Å². The highest BCUT2D eigenvalue weighted by atomic mass is 14.3. The van der Waals surface area contributed by atoms with Crippen molar-refractivity contribution in [3.63, 3.8) is 0 Å². The minimum absolute atomic E-state index is 0.452. The smallest absolute Gasteiger partial charge is 0.0142 e. The molecule has 0 aliphatic heterocycles. The van der Waals surface area contributed by atoms with Crippen molar-refractivity contribution in [2.75, 3.05) is 0 Å². The van der Waals surface area contributed by atoms with E-state index in [0.717, 1.165) is 0 Å². The molecule has 0 saturated heterocycles. The molecule has 0 nitrogen and oxygen atoms in total. The van der Waals surface area contributed by atoms with Gasteiger partial charge in [0.2, 0.25) is 0 Å². The molecule has 0 radical (unpaired) electrons. The first-order valence-corrected chi connectivity index (χ1v) is 5.01. The van der Waals surface area contributed by atoms with Crippen LogP contribution >= 0.6 is 0 Å². The van der Waals surface area contributed by atoms with E-state index >= 15 is 0 Å². The van der Waals surface area contributed by atoms with Gasteiger partial charge in [0.15, 0.2) is 0 Å². The number of hydrogen-bond acceptors (Lipinski definition) is 0. The van der Waals surface area contributed by atoms with Gasteiger partial charge < -0.3 is 0 Å². The van der Waals surface area contributed by atoms with Crippen LogP contribution in [-0.2, 0) is 0 Å². The Labute approximate surface area is 77.1 Å². The molecule has 0 atom stereocenters. The third kappa shape index (κ3) is 2.36. The SMILES string of the molecule is CC(C)(C)CC1=CCCC1(C)C. The summed E-state index contributed by atoms with van der Waals surface area (Å²) in [5.41, 5.74) is 2.61. The van der Waals surface area contributed by atoms with Crippen molar-refractivity contribution in [3.8, 4) is 0 Å². The fraction of sp³-hybridized carbons (Fsp3) is 0.833. The molecule has 0 aromatic carbocycles. The van der Waals surface area contributed by atoms with Crippen LogP contribution in [0.3, 0.4) is 0 Å². The predicted molar refractivity (Wildman–Crippen MR) is 55.2 cm³/mol. The van der Waals surface area contributed by atoms with E-state index in [2.05, 4.69) is 40.7 Å². The Balaban J connectivity index is 2.65. The Bertz CT molecular complexity index is 189. The summed E-state index contributed by atoms with van der Waals surface area (Å²) in [5.74, 6) is 0. The average Bonchev–Trinajstić information content (AvgIpc) is 2.07. The second-order valence-electron chi connectivity index (χ2n) is 5.89. The second-order valence-corrected chi connectivity index (χ2v) is 5.89. The predicted octanol–water partition coefficient (Wildman–Crippen LogP) is 4.17. The van der Waals surface area contributed by atoms with E-state index in [1.165, 1.54) is 19.3 Å². The maximum Gasteiger partial charge on any atom is -0.0142 e. The van der Waals surface area contributed by atoms with Crippen LogP contribution in [0.4, 0.5) is 0 Å². The number of allylic oxidation sites excluding steroid dienone is 2. The summed E-state index contributed by atoms with van der Waals surface area (Å²) < 4.78 is 0. The summed E-state index contributed by atoms with van der Waals surface area (Å²) in [4.78, 5) is 0. The molecule has 0 N–H and O–H groups in total. The van der Waals surface area contributed by atoms with Gasteiger partial charge in [0.05, 0.1) is 0 Å². The zero-order chi connectivity index (χ0) is 9.41. The van der Waals surface area contributed by atoms with Crippen LogP contribution in [0.5, 0.6) is 0 Å². The maximum atomic E-state index is 2.45. The van der Waals surface area contributed by atoms with Crippen molar-refractivity contribution in [1.82, 2.24) is 0 Å². The van der Waals surface area contributed by atoms with Crippen molar-refractivity contribution < 1.29 is 0 Å². The molecule has 0 amide bonds. The van der Waals surface area contributed by atoms with Crippen LogP contribution in [0, 0.1) is 10.8 Å². The van der Waals surface area contributed by atoms with Gasteiger partial charge in [0.25, 0.3) is 0 Å². The first kappa shape index (κ1) is 9.83. The minimum atomic E-state index is 0.452. The fourth-order valence-corrected chi connectivity index (χ4v) is 1.93. The van der Waals surface area contributed by atoms with Crippen LogP contribution < -0.4 is 0 Å². The van der Waals surface area contributed by atoms with Crippen LogP contribution in [0.1, 0.15) is 53.9 Å². The first-order valence-electron chi connectivity index (χ1n) is 5.01. The van der Waals surface area contributed by atoms with Crippen molar-refractivity contribution in [2.24, 2.45) is 10.8 Å². The molecule has 0 heterocycles. The molecule has 1 rings (SSSR count). The zero-order valence-electron chi connectivity index (χ0n) is 9.20. The molecule has 0 saturated carbocycles. The molecule has 0 aromatic rings. The van der Waals surface area contributed by atoms with Gasteiger partial charge in [-0.15, -0.1) is 0 Å². The second kappa shape index (κ2) is 2.90. The van der Waals surface area contributed by atoms with Crippen molar-refractivity contribution >= 4 is 0 Å². The summed E-state index contributed by atoms with van der Waals surface area (Å²) >= 11 is 0. The zero-order valence-corrected chi connectivity index (χ0v) is 9.20. The highest BCUT2D eigenvalue weighted by Gasteiger charge is 2.29. The normalized spacial score (nSPS) is 22.6. The summed E-state index contributed by atoms with van der Waals surface area (Å²) in [6, 6.07) is 0. The van der Waals surface area contributed by atoms with E-state index in [9.17, 15) is 0 Å². The molecule has 0 aromatic heterocycles. The minimum Gasteiger partial charge on any atom is -0.0847 e. The van der Waals surface area contributed by atoms with E-state index in [-0.39, 0.29) is 0 Å². The summed E-state index contributed by atoms with van der Waals surface area (Å²) in [7, 11) is 0. The quantitative estimate of drug-likeness (QED) is 0.513. The Morgan fingerprint density at radius 3 is 2.25 bits per heavy atom. The summed E-state index contributed by atoms with van der Waals surface area (Å²) in [5, 5.41) is 0. The van der Waals surface area contributed by atoms with Gasteiger partial charge in [-0.05, 0) is 30.1 Å². The topological polar surface area (TPSA) is 0 Å². The fourth-order valence-electron chi connectivity index (χ4n) is 1.93. The molecule has 0 heteroatoms. The maximum absolute atomic E-state index is 2.45. The van der Waals surface area contributed by atoms with Crippen LogP contribution in [-0.4, -0.2) is 0 Å². The Morgan fingerprint density at radius 1 is 1.33 bits per heavy atom. The highest BCUT2D eigenvalue weighted by Crippen LogP contribution is 2.43. The molecule has 0 unspecified atom stereocenters. The third-order valence-corrected chi connectivity index (χ3v) is 2.75. The van der Waals surface area contributed by atoms with Gasteiger partial charge in [-0.2, -0.15) is 0 Å². The molecule has 0 bridgehead atoms. The molecular weight excluding hydrogens is 144 g/mol. The molecule has 1 aliphatic carbocycles. The number of rotatable bonds is 1. The van der Waals surface area contributed by atoms with Gasteiger partial charge in [0, 0.05) is 0 Å². The van der Waals surface area contributed by atoms with Crippen LogP contribution in [0.25, 0.3) is 0 Å². The van der Waals surface area contributed by atoms with Crippen molar-refractivity contribution in [3.05, 3.63) is 11.6 Å². The largest absolute Gasteiger partial charge is 0.0847 e. The van der Waals surface area contributed by atoms with Crippen molar-refractivity contribution in [2.45, 2.75) is 53.9 Å². The van der Waals surface area contributed by atoms with Crippen molar-refractivity contribution in [1.29, 1.82) is 0 Å². The third-order valence-electron chi connectivity index (χ3n) is 2.75. The Morgan fingerprint density at radius 2 is 1.92 bits per heavy atom. The van der Waals surface area contributed by atoms with E-state index < -0.39 is 0 Å². The lowest BCUT2D eigenvalue weighted by atomic mass is 9.77. The van der Waals surface area contributed by atoms with E-state index in [1.807, 2.05) is 0 Å².